The number of aromatic amines is 2. The number of phenolic OH excluding ortho intramolecular Hbond substituents is 1. The molecule has 0 radical (unpaired) electrons. The molecule has 0 unspecified atom stereocenters. The molecule has 0 aliphatic heterocycles. The highest BCUT2D eigenvalue weighted by Gasteiger charge is 2.12. The van der Waals surface area contributed by atoms with E-state index in [0.29, 0.717) is 11.3 Å². The molecule has 0 atom stereocenters. The van der Waals surface area contributed by atoms with Gasteiger partial charge in [-0.15, -0.1) is 0 Å². The fourth-order valence-corrected chi connectivity index (χ4v) is 2.00. The normalized spacial score (nSPS) is 10.8. The van der Waals surface area contributed by atoms with E-state index in [-0.39, 0.29) is 22.5 Å². The maximum atomic E-state index is 11.6. The van der Waals surface area contributed by atoms with Crippen LogP contribution in [0.3, 0.4) is 0 Å². The van der Waals surface area contributed by atoms with Crippen molar-refractivity contribution in [2.45, 2.75) is 0 Å². The van der Waals surface area contributed by atoms with Gasteiger partial charge in [0, 0.05) is 5.56 Å². The number of nitrogen functional groups attached to an aromatic ring is 1. The number of para-hydroxylation sites is 1. The van der Waals surface area contributed by atoms with Crippen molar-refractivity contribution >= 4 is 16.7 Å². The fraction of sp³-hybridized carbons (Fsp3) is 0. The molecular formula is C13H10N4O3. The van der Waals surface area contributed by atoms with Crippen LogP contribution in [0.1, 0.15) is 0 Å². The van der Waals surface area contributed by atoms with Gasteiger partial charge in [0.1, 0.15) is 11.4 Å². The molecule has 7 heteroatoms. The number of benzene rings is 1. The molecule has 0 bridgehead atoms. The predicted octanol–water partition coefficient (Wildman–Crippen LogP) is 0.566. The molecule has 5 N–H and O–H groups in total. The van der Waals surface area contributed by atoms with Gasteiger partial charge in [-0.2, -0.15) is 0 Å². The quantitative estimate of drug-likeness (QED) is 0.514. The Labute approximate surface area is 111 Å². The Hall–Kier alpha value is -3.09. The van der Waals surface area contributed by atoms with Crippen LogP contribution in [0.5, 0.6) is 5.75 Å². The zero-order valence-corrected chi connectivity index (χ0v) is 10.2. The summed E-state index contributed by atoms with van der Waals surface area (Å²) in [5.74, 6) is 0.0123. The number of aromatic nitrogens is 3. The number of hydrogen-bond acceptors (Lipinski definition) is 5. The van der Waals surface area contributed by atoms with Crippen LogP contribution in [0.15, 0.2) is 39.9 Å². The van der Waals surface area contributed by atoms with Gasteiger partial charge in [-0.1, -0.05) is 12.1 Å². The van der Waals surface area contributed by atoms with Gasteiger partial charge in [0.25, 0.3) is 5.56 Å². The number of H-pyrrole nitrogens is 2. The third-order valence-electron chi connectivity index (χ3n) is 2.91. The zero-order valence-electron chi connectivity index (χ0n) is 10.2. The minimum Gasteiger partial charge on any atom is -0.507 e. The summed E-state index contributed by atoms with van der Waals surface area (Å²) in [6.07, 6.45) is 0. The van der Waals surface area contributed by atoms with E-state index in [4.69, 9.17) is 5.73 Å². The van der Waals surface area contributed by atoms with Crippen LogP contribution in [-0.4, -0.2) is 20.1 Å². The summed E-state index contributed by atoms with van der Waals surface area (Å²) in [5.41, 5.74) is 5.74. The number of anilines is 1. The smallest absolute Gasteiger partial charge is 0.327 e. The topological polar surface area (TPSA) is 125 Å². The molecule has 0 aliphatic rings. The number of fused-ring (bicyclic) bond motifs is 1. The molecule has 3 aromatic rings. The van der Waals surface area contributed by atoms with Crippen LogP contribution in [-0.2, 0) is 0 Å². The Bertz CT molecular complexity index is 927. The third kappa shape index (κ3) is 1.81. The fourth-order valence-electron chi connectivity index (χ4n) is 2.00. The number of nitrogens with zero attached hydrogens (tertiary/aromatic N) is 1. The summed E-state index contributed by atoms with van der Waals surface area (Å²) in [6.45, 7) is 0. The van der Waals surface area contributed by atoms with E-state index < -0.39 is 11.2 Å². The van der Waals surface area contributed by atoms with Crippen LogP contribution in [0.2, 0.25) is 0 Å². The molecule has 7 nitrogen and oxygen atoms in total. The number of phenols is 1. The van der Waals surface area contributed by atoms with Crippen molar-refractivity contribution in [3.05, 3.63) is 51.2 Å². The average Bonchev–Trinajstić information content (AvgIpc) is 2.40. The number of pyridine rings is 1. The van der Waals surface area contributed by atoms with Gasteiger partial charge < -0.3 is 10.8 Å². The summed E-state index contributed by atoms with van der Waals surface area (Å²) in [7, 11) is 0. The largest absolute Gasteiger partial charge is 0.507 e. The highest BCUT2D eigenvalue weighted by Crippen LogP contribution is 2.31. The highest BCUT2D eigenvalue weighted by molar-refractivity contribution is 5.86. The molecule has 0 aliphatic carbocycles. The number of aromatic hydroxyl groups is 1. The third-order valence-corrected chi connectivity index (χ3v) is 2.91. The summed E-state index contributed by atoms with van der Waals surface area (Å²) >= 11 is 0. The van der Waals surface area contributed by atoms with E-state index in [9.17, 15) is 14.7 Å². The van der Waals surface area contributed by atoms with Crippen LogP contribution in [0.4, 0.5) is 5.69 Å². The lowest BCUT2D eigenvalue weighted by atomic mass is 10.1. The van der Waals surface area contributed by atoms with E-state index in [0.717, 1.165) is 0 Å². The Morgan fingerprint density at radius 1 is 1.15 bits per heavy atom. The Balaban J connectivity index is 2.39. The first-order valence-electron chi connectivity index (χ1n) is 5.77. The minimum atomic E-state index is -0.650. The van der Waals surface area contributed by atoms with Crippen LogP contribution < -0.4 is 17.0 Å². The Morgan fingerprint density at radius 3 is 2.65 bits per heavy atom. The van der Waals surface area contributed by atoms with Gasteiger partial charge in [0.2, 0.25) is 0 Å². The number of nitrogens with two attached hydrogens (primary N) is 1. The summed E-state index contributed by atoms with van der Waals surface area (Å²) in [6, 6.07) is 7.95. The SMILES string of the molecule is Nc1cc2c(=O)[nH]c(=O)[nH]c2nc1-c1ccccc1O. The minimum absolute atomic E-state index is 0.0123. The molecule has 0 fully saturated rings. The first-order chi connectivity index (χ1) is 9.56. The summed E-state index contributed by atoms with van der Waals surface area (Å²) in [5, 5.41) is 10.0. The van der Waals surface area contributed by atoms with Gasteiger partial charge in [-0.05, 0) is 18.2 Å². The van der Waals surface area contributed by atoms with E-state index in [1.165, 1.54) is 12.1 Å². The predicted molar refractivity (Wildman–Crippen MR) is 74.5 cm³/mol. The van der Waals surface area contributed by atoms with Crippen LogP contribution >= 0.6 is 0 Å². The second kappa shape index (κ2) is 4.23. The molecule has 0 saturated carbocycles. The highest BCUT2D eigenvalue weighted by atomic mass is 16.3. The molecule has 2 heterocycles. The van der Waals surface area contributed by atoms with Crippen molar-refractivity contribution in [2.24, 2.45) is 0 Å². The van der Waals surface area contributed by atoms with E-state index in [1.54, 1.807) is 18.2 Å². The average molecular weight is 270 g/mol. The maximum Gasteiger partial charge on any atom is 0.327 e. The lowest BCUT2D eigenvalue weighted by molar-refractivity contribution is 0.477. The van der Waals surface area contributed by atoms with E-state index in [2.05, 4.69) is 15.0 Å². The molecule has 20 heavy (non-hydrogen) atoms. The Morgan fingerprint density at radius 2 is 1.90 bits per heavy atom. The first kappa shape index (κ1) is 12.0. The number of hydrogen-bond donors (Lipinski definition) is 4. The van der Waals surface area contributed by atoms with E-state index >= 15 is 0 Å². The van der Waals surface area contributed by atoms with Crippen molar-refractivity contribution in [1.82, 2.24) is 15.0 Å². The van der Waals surface area contributed by atoms with Gasteiger partial charge in [-0.25, -0.2) is 9.78 Å². The molecule has 1 aromatic carbocycles. The standard InChI is InChI=1S/C13H10N4O3/c14-8-5-7-11(16-13(20)17-12(7)19)15-10(8)6-3-1-2-4-9(6)18/h1-5,18H,14H2,(H2,15,16,17,19,20). The van der Waals surface area contributed by atoms with Gasteiger partial charge >= 0.3 is 5.69 Å². The van der Waals surface area contributed by atoms with Gasteiger partial charge in [0.05, 0.1) is 16.8 Å². The second-order valence-corrected chi connectivity index (χ2v) is 4.25. The van der Waals surface area contributed by atoms with Crippen LogP contribution in [0, 0.1) is 0 Å². The lowest BCUT2D eigenvalue weighted by Crippen LogP contribution is -2.22. The maximum absolute atomic E-state index is 11.6. The van der Waals surface area contributed by atoms with Crippen molar-refractivity contribution in [3.63, 3.8) is 0 Å². The van der Waals surface area contributed by atoms with Crippen molar-refractivity contribution in [2.75, 3.05) is 5.73 Å². The van der Waals surface area contributed by atoms with Gasteiger partial charge in [-0.3, -0.25) is 14.8 Å². The van der Waals surface area contributed by atoms with Crippen LogP contribution in [0.25, 0.3) is 22.3 Å². The van der Waals surface area contributed by atoms with Crippen molar-refractivity contribution in [3.8, 4) is 17.0 Å². The molecule has 0 amide bonds. The Kier molecular flexibility index (Phi) is 2.53. The zero-order chi connectivity index (χ0) is 14.3. The molecule has 100 valence electrons. The summed E-state index contributed by atoms with van der Waals surface area (Å²) in [4.78, 5) is 31.6. The number of rotatable bonds is 1. The molecular weight excluding hydrogens is 260 g/mol. The van der Waals surface area contributed by atoms with E-state index in [1.807, 2.05) is 0 Å². The monoisotopic (exact) mass is 270 g/mol. The van der Waals surface area contributed by atoms with Gasteiger partial charge in [0.15, 0.2) is 0 Å². The molecule has 3 rings (SSSR count). The second-order valence-electron chi connectivity index (χ2n) is 4.25. The van der Waals surface area contributed by atoms with Crippen molar-refractivity contribution in [1.29, 1.82) is 0 Å². The first-order valence-corrected chi connectivity index (χ1v) is 5.77. The van der Waals surface area contributed by atoms with Crippen molar-refractivity contribution < 1.29 is 5.11 Å². The number of nitrogens with one attached hydrogen (secondary N) is 2. The molecule has 2 aromatic heterocycles. The molecule has 0 saturated heterocycles. The lowest BCUT2D eigenvalue weighted by Gasteiger charge is -2.08. The molecule has 0 spiro atoms. The summed E-state index contributed by atoms with van der Waals surface area (Å²) < 4.78 is 0.